The summed E-state index contributed by atoms with van der Waals surface area (Å²) in [6, 6.07) is 8.19. The molecule has 0 aliphatic rings. The van der Waals surface area contributed by atoms with Crippen molar-refractivity contribution in [2.45, 2.75) is 13.8 Å². The van der Waals surface area contributed by atoms with Crippen LogP contribution in [0.25, 0.3) is 0 Å². The van der Waals surface area contributed by atoms with Gasteiger partial charge in [0.25, 0.3) is 5.91 Å². The smallest absolute Gasteiger partial charge is 0.255 e. The number of ether oxygens (including phenoxy) is 2. The molecule has 2 aromatic carbocycles. The predicted octanol–water partition coefficient (Wildman–Crippen LogP) is 3.79. The lowest BCUT2D eigenvalue weighted by molar-refractivity contribution is 0.102. The first-order chi connectivity index (χ1) is 12.6. The van der Waals surface area contributed by atoms with Crippen molar-refractivity contribution in [1.29, 1.82) is 0 Å². The highest BCUT2D eigenvalue weighted by atomic mass is 79.9. The van der Waals surface area contributed by atoms with Gasteiger partial charge in [-0.25, -0.2) is 8.42 Å². The van der Waals surface area contributed by atoms with E-state index in [1.165, 1.54) is 7.11 Å². The van der Waals surface area contributed by atoms with Crippen LogP contribution in [-0.2, 0) is 10.0 Å². The number of benzene rings is 2. The second kappa shape index (κ2) is 8.62. The lowest BCUT2D eigenvalue weighted by Gasteiger charge is -2.14. The lowest BCUT2D eigenvalue weighted by Crippen LogP contribution is -2.14. The third-order valence-corrected chi connectivity index (χ3v) is 4.75. The molecule has 27 heavy (non-hydrogen) atoms. The topological polar surface area (TPSA) is 93.7 Å². The third-order valence-electron chi connectivity index (χ3n) is 3.57. The summed E-state index contributed by atoms with van der Waals surface area (Å²) >= 11 is 3.39. The van der Waals surface area contributed by atoms with Gasteiger partial charge in [-0.3, -0.25) is 9.52 Å². The molecule has 0 radical (unpaired) electrons. The normalized spacial score (nSPS) is 11.0. The van der Waals surface area contributed by atoms with Gasteiger partial charge in [-0.1, -0.05) is 6.07 Å². The van der Waals surface area contributed by atoms with Gasteiger partial charge in [-0.05, 0) is 59.6 Å². The molecule has 0 spiro atoms. The first kappa shape index (κ1) is 21.0. The fourth-order valence-corrected chi connectivity index (χ4v) is 3.52. The molecule has 1 amide bonds. The van der Waals surface area contributed by atoms with Gasteiger partial charge in [0.2, 0.25) is 10.0 Å². The van der Waals surface area contributed by atoms with E-state index in [1.807, 2.05) is 6.92 Å². The molecule has 0 aliphatic heterocycles. The van der Waals surface area contributed by atoms with E-state index in [1.54, 1.807) is 37.3 Å². The Morgan fingerprint density at radius 3 is 2.52 bits per heavy atom. The molecular weight excluding hydrogens is 436 g/mol. The molecule has 0 aromatic heterocycles. The van der Waals surface area contributed by atoms with Gasteiger partial charge < -0.3 is 14.8 Å². The zero-order chi connectivity index (χ0) is 20.2. The first-order valence-electron chi connectivity index (χ1n) is 8.04. The molecule has 0 heterocycles. The molecule has 2 N–H and O–H groups in total. The van der Waals surface area contributed by atoms with E-state index in [4.69, 9.17) is 9.47 Å². The van der Waals surface area contributed by atoms with Crippen molar-refractivity contribution >= 4 is 43.2 Å². The molecule has 7 nitrogen and oxygen atoms in total. The van der Waals surface area contributed by atoms with Crippen molar-refractivity contribution in [3.63, 3.8) is 0 Å². The maximum atomic E-state index is 12.6. The van der Waals surface area contributed by atoms with Gasteiger partial charge in [0, 0.05) is 11.3 Å². The van der Waals surface area contributed by atoms with Crippen LogP contribution in [0.15, 0.2) is 34.8 Å². The van der Waals surface area contributed by atoms with Crippen molar-refractivity contribution < 1.29 is 22.7 Å². The molecule has 0 atom stereocenters. The highest BCUT2D eigenvalue weighted by molar-refractivity contribution is 9.10. The predicted molar refractivity (Wildman–Crippen MR) is 109 cm³/mol. The van der Waals surface area contributed by atoms with E-state index in [9.17, 15) is 13.2 Å². The van der Waals surface area contributed by atoms with E-state index < -0.39 is 10.0 Å². The maximum Gasteiger partial charge on any atom is 0.255 e. The van der Waals surface area contributed by atoms with Crippen LogP contribution in [0.1, 0.15) is 22.8 Å². The van der Waals surface area contributed by atoms with Gasteiger partial charge in [-0.15, -0.1) is 0 Å². The Labute approximate surface area is 167 Å². The Balaban J connectivity index is 2.30. The summed E-state index contributed by atoms with van der Waals surface area (Å²) in [5.74, 6) is 0.581. The Morgan fingerprint density at radius 1 is 1.22 bits per heavy atom. The van der Waals surface area contributed by atoms with Gasteiger partial charge in [0.15, 0.2) is 11.5 Å². The number of amides is 1. The number of methoxy groups -OCH3 is 1. The number of anilines is 2. The number of nitrogens with one attached hydrogen (secondary N) is 2. The van der Waals surface area contributed by atoms with E-state index >= 15 is 0 Å². The quantitative estimate of drug-likeness (QED) is 0.660. The molecular formula is C18H21BrN2O5S. The Bertz CT molecular complexity index is 960. The second-order valence-corrected chi connectivity index (χ2v) is 8.38. The van der Waals surface area contributed by atoms with Crippen LogP contribution in [0, 0.1) is 6.92 Å². The summed E-state index contributed by atoms with van der Waals surface area (Å²) in [6.07, 6.45) is 1.07. The minimum Gasteiger partial charge on any atom is -0.493 e. The summed E-state index contributed by atoms with van der Waals surface area (Å²) in [6.45, 7) is 4.08. The van der Waals surface area contributed by atoms with E-state index in [-0.39, 0.29) is 5.91 Å². The van der Waals surface area contributed by atoms with Crippen LogP contribution in [-0.4, -0.2) is 34.3 Å². The number of sulfonamides is 1. The van der Waals surface area contributed by atoms with Crippen molar-refractivity contribution in [1.82, 2.24) is 0 Å². The molecule has 2 aromatic rings. The van der Waals surface area contributed by atoms with E-state index in [0.29, 0.717) is 39.5 Å². The summed E-state index contributed by atoms with van der Waals surface area (Å²) in [7, 11) is -1.93. The Kier molecular flexibility index (Phi) is 6.72. The number of carbonyl (C=O) groups is 1. The molecule has 0 bridgehead atoms. The summed E-state index contributed by atoms with van der Waals surface area (Å²) in [4.78, 5) is 12.6. The van der Waals surface area contributed by atoms with Gasteiger partial charge in [0.1, 0.15) is 0 Å². The summed E-state index contributed by atoms with van der Waals surface area (Å²) in [5.41, 5.74) is 1.96. The van der Waals surface area contributed by atoms with Gasteiger partial charge in [0.05, 0.1) is 30.1 Å². The largest absolute Gasteiger partial charge is 0.493 e. The zero-order valence-corrected chi connectivity index (χ0v) is 17.8. The van der Waals surface area contributed by atoms with Crippen molar-refractivity contribution in [2.75, 3.05) is 30.0 Å². The Morgan fingerprint density at radius 2 is 1.93 bits per heavy atom. The first-order valence-corrected chi connectivity index (χ1v) is 10.7. The average molecular weight is 457 g/mol. The zero-order valence-electron chi connectivity index (χ0n) is 15.4. The molecule has 0 saturated carbocycles. The minimum atomic E-state index is -3.42. The Hall–Kier alpha value is -2.26. The van der Waals surface area contributed by atoms with Gasteiger partial charge in [-0.2, -0.15) is 0 Å². The highest BCUT2D eigenvalue weighted by Gasteiger charge is 2.16. The van der Waals surface area contributed by atoms with Crippen LogP contribution in [0.3, 0.4) is 0 Å². The van der Waals surface area contributed by atoms with E-state index in [0.717, 1.165) is 11.8 Å². The number of aryl methyl sites for hydroxylation is 1. The monoisotopic (exact) mass is 456 g/mol. The standard InChI is InChI=1S/C18H21BrN2O5S/c1-5-26-17-14(19)8-12(9-16(17)25-3)18(22)20-13-7-6-11(2)15(10-13)21-27(4,23)24/h6-10,21H,5H2,1-4H3,(H,20,22). The number of hydrogen-bond acceptors (Lipinski definition) is 5. The number of rotatable bonds is 7. The van der Waals surface area contributed by atoms with Crippen LogP contribution in [0.2, 0.25) is 0 Å². The lowest BCUT2D eigenvalue weighted by atomic mass is 10.1. The van der Waals surface area contributed by atoms with E-state index in [2.05, 4.69) is 26.0 Å². The molecule has 146 valence electrons. The minimum absolute atomic E-state index is 0.361. The highest BCUT2D eigenvalue weighted by Crippen LogP contribution is 2.37. The van der Waals surface area contributed by atoms with Crippen LogP contribution in [0.5, 0.6) is 11.5 Å². The fourth-order valence-electron chi connectivity index (χ4n) is 2.35. The number of carbonyl (C=O) groups excluding carboxylic acids is 1. The number of hydrogen-bond donors (Lipinski definition) is 2. The molecule has 2 rings (SSSR count). The molecule has 9 heteroatoms. The molecule has 0 fully saturated rings. The van der Waals surface area contributed by atoms with Crippen LogP contribution in [0.4, 0.5) is 11.4 Å². The maximum absolute atomic E-state index is 12.6. The molecule has 0 aliphatic carbocycles. The second-order valence-electron chi connectivity index (χ2n) is 5.78. The van der Waals surface area contributed by atoms with Crippen LogP contribution >= 0.6 is 15.9 Å². The van der Waals surface area contributed by atoms with Crippen molar-refractivity contribution in [3.05, 3.63) is 45.9 Å². The van der Waals surface area contributed by atoms with Crippen molar-refractivity contribution in [2.24, 2.45) is 0 Å². The van der Waals surface area contributed by atoms with Crippen LogP contribution < -0.4 is 19.5 Å². The molecule has 0 saturated heterocycles. The van der Waals surface area contributed by atoms with Gasteiger partial charge >= 0.3 is 0 Å². The summed E-state index contributed by atoms with van der Waals surface area (Å²) < 4.78 is 36.8. The number of halogens is 1. The summed E-state index contributed by atoms with van der Waals surface area (Å²) in [5, 5.41) is 2.75. The fraction of sp³-hybridized carbons (Fsp3) is 0.278. The van der Waals surface area contributed by atoms with Crippen molar-refractivity contribution in [3.8, 4) is 11.5 Å². The SMILES string of the molecule is CCOc1c(Br)cc(C(=O)Nc2ccc(C)c(NS(C)(=O)=O)c2)cc1OC. The molecule has 0 unspecified atom stereocenters. The average Bonchev–Trinajstić information content (AvgIpc) is 2.58. The third kappa shape index (κ3) is 5.61.